The molecular formula is C13H18N6O. The van der Waals surface area contributed by atoms with Crippen LogP contribution in [0.4, 0.5) is 0 Å². The highest BCUT2D eigenvalue weighted by Gasteiger charge is 2.16. The Morgan fingerprint density at radius 3 is 2.50 bits per heavy atom. The van der Waals surface area contributed by atoms with Gasteiger partial charge in [-0.3, -0.25) is 4.79 Å². The molecule has 2 rings (SSSR count). The van der Waals surface area contributed by atoms with Gasteiger partial charge < -0.3 is 11.5 Å². The second-order valence-corrected chi connectivity index (χ2v) is 4.38. The lowest BCUT2D eigenvalue weighted by atomic mass is 10.0. The van der Waals surface area contributed by atoms with Crippen molar-refractivity contribution in [3.8, 4) is 5.82 Å². The summed E-state index contributed by atoms with van der Waals surface area (Å²) in [4.78, 5) is 11.1. The molecule has 7 nitrogen and oxygen atoms in total. The zero-order valence-corrected chi connectivity index (χ0v) is 11.6. The lowest BCUT2D eigenvalue weighted by molar-refractivity contribution is 0.100. The number of nitrogens with zero attached hydrogens (tertiary/aromatic N) is 4. The Balaban J connectivity index is 2.58. The Hall–Kier alpha value is -2.28. The molecule has 2 heterocycles. The maximum absolute atomic E-state index is 11.1. The van der Waals surface area contributed by atoms with Crippen LogP contribution in [0.1, 0.15) is 41.0 Å². The summed E-state index contributed by atoms with van der Waals surface area (Å²) in [6, 6.07) is 0. The minimum absolute atomic E-state index is 0.326. The van der Waals surface area contributed by atoms with Crippen LogP contribution in [0.25, 0.3) is 5.82 Å². The van der Waals surface area contributed by atoms with E-state index in [0.29, 0.717) is 17.9 Å². The maximum Gasteiger partial charge on any atom is 0.251 e. The third-order valence-electron chi connectivity index (χ3n) is 3.22. The smallest absolute Gasteiger partial charge is 0.251 e. The van der Waals surface area contributed by atoms with E-state index >= 15 is 0 Å². The number of nitrogens with two attached hydrogens (primary N) is 2. The molecule has 0 spiro atoms. The molecule has 2 aromatic heterocycles. The van der Waals surface area contributed by atoms with Crippen molar-refractivity contribution in [3.05, 3.63) is 34.8 Å². The predicted molar refractivity (Wildman–Crippen MR) is 74.3 cm³/mol. The van der Waals surface area contributed by atoms with Crippen molar-refractivity contribution in [1.29, 1.82) is 0 Å². The largest absolute Gasteiger partial charge is 0.366 e. The highest BCUT2D eigenvalue weighted by atomic mass is 16.1. The summed E-state index contributed by atoms with van der Waals surface area (Å²) in [6.45, 7) is 4.42. The second-order valence-electron chi connectivity index (χ2n) is 4.38. The lowest BCUT2D eigenvalue weighted by Crippen LogP contribution is -2.15. The van der Waals surface area contributed by atoms with E-state index in [9.17, 15) is 4.79 Å². The van der Waals surface area contributed by atoms with Gasteiger partial charge in [-0.1, -0.05) is 13.8 Å². The van der Waals surface area contributed by atoms with Gasteiger partial charge in [-0.05, 0) is 18.4 Å². The molecule has 0 aromatic carbocycles. The lowest BCUT2D eigenvalue weighted by Gasteiger charge is -2.13. The average molecular weight is 274 g/mol. The van der Waals surface area contributed by atoms with Gasteiger partial charge in [-0.2, -0.15) is 10.2 Å². The first kappa shape index (κ1) is 14.1. The molecule has 20 heavy (non-hydrogen) atoms. The molecule has 4 N–H and O–H groups in total. The van der Waals surface area contributed by atoms with Gasteiger partial charge in [-0.25, -0.2) is 4.68 Å². The molecule has 0 fully saturated rings. The van der Waals surface area contributed by atoms with Crippen molar-refractivity contribution in [2.45, 2.75) is 33.2 Å². The first-order valence-corrected chi connectivity index (χ1v) is 6.54. The van der Waals surface area contributed by atoms with Crippen LogP contribution in [0.15, 0.2) is 12.4 Å². The molecule has 2 aromatic rings. The van der Waals surface area contributed by atoms with E-state index in [-0.39, 0.29) is 0 Å². The fourth-order valence-electron chi connectivity index (χ4n) is 2.20. The SMILES string of the molecule is CCc1nnc(-n2cc(C(N)=O)cn2)c(CN)c1CC. The Morgan fingerprint density at radius 2 is 2.00 bits per heavy atom. The molecule has 7 heteroatoms. The Morgan fingerprint density at radius 1 is 1.25 bits per heavy atom. The van der Waals surface area contributed by atoms with Gasteiger partial charge in [0.1, 0.15) is 0 Å². The molecule has 0 aliphatic heterocycles. The van der Waals surface area contributed by atoms with Gasteiger partial charge in [-0.15, -0.1) is 5.10 Å². The van der Waals surface area contributed by atoms with Crippen LogP contribution in [-0.2, 0) is 19.4 Å². The molecule has 0 aliphatic rings. The van der Waals surface area contributed by atoms with Gasteiger partial charge in [0.25, 0.3) is 5.91 Å². The van der Waals surface area contributed by atoms with Crippen LogP contribution in [0, 0.1) is 0 Å². The molecule has 0 saturated heterocycles. The molecular weight excluding hydrogens is 256 g/mol. The predicted octanol–water partition coefficient (Wildman–Crippen LogP) is 0.345. The van der Waals surface area contributed by atoms with E-state index in [1.54, 1.807) is 0 Å². The quantitative estimate of drug-likeness (QED) is 0.816. The molecule has 1 amide bonds. The van der Waals surface area contributed by atoms with Crippen LogP contribution in [-0.4, -0.2) is 25.9 Å². The Labute approximate surface area is 117 Å². The van der Waals surface area contributed by atoms with E-state index in [0.717, 1.165) is 29.7 Å². The fourth-order valence-corrected chi connectivity index (χ4v) is 2.20. The highest BCUT2D eigenvalue weighted by molar-refractivity contribution is 5.92. The molecule has 0 aliphatic carbocycles. The minimum atomic E-state index is -0.528. The summed E-state index contributed by atoms with van der Waals surface area (Å²) < 4.78 is 1.49. The van der Waals surface area contributed by atoms with Gasteiger partial charge in [0, 0.05) is 18.3 Å². The van der Waals surface area contributed by atoms with Crippen LogP contribution in [0.5, 0.6) is 0 Å². The normalized spacial score (nSPS) is 10.8. The molecule has 0 bridgehead atoms. The standard InChI is InChI=1S/C13H18N6O/c1-3-9-10(5-14)13(18-17-11(9)4-2)19-7-8(6-16-19)12(15)20/h6-7H,3-5,14H2,1-2H3,(H2,15,20). The third kappa shape index (κ3) is 2.39. The molecule has 106 valence electrons. The van der Waals surface area contributed by atoms with E-state index < -0.39 is 5.91 Å². The monoisotopic (exact) mass is 274 g/mol. The van der Waals surface area contributed by atoms with Gasteiger partial charge in [0.2, 0.25) is 0 Å². The number of primary amides is 1. The number of hydrogen-bond acceptors (Lipinski definition) is 5. The number of hydrogen-bond donors (Lipinski definition) is 2. The number of rotatable bonds is 5. The zero-order valence-electron chi connectivity index (χ0n) is 11.6. The van der Waals surface area contributed by atoms with E-state index in [1.165, 1.54) is 17.1 Å². The van der Waals surface area contributed by atoms with Crippen LogP contribution in [0.2, 0.25) is 0 Å². The zero-order chi connectivity index (χ0) is 14.7. The number of aryl methyl sites for hydroxylation is 1. The van der Waals surface area contributed by atoms with Crippen LogP contribution < -0.4 is 11.5 Å². The molecule has 0 saturated carbocycles. The van der Waals surface area contributed by atoms with Gasteiger partial charge in [0.15, 0.2) is 5.82 Å². The summed E-state index contributed by atoms with van der Waals surface area (Å²) in [6.07, 6.45) is 4.57. The molecule has 0 atom stereocenters. The first-order valence-electron chi connectivity index (χ1n) is 6.54. The van der Waals surface area contributed by atoms with Gasteiger partial charge in [0.05, 0.1) is 17.5 Å². The maximum atomic E-state index is 11.1. The number of amides is 1. The van der Waals surface area contributed by atoms with Crippen molar-refractivity contribution < 1.29 is 4.79 Å². The third-order valence-corrected chi connectivity index (χ3v) is 3.22. The van der Waals surface area contributed by atoms with Crippen LogP contribution in [0.3, 0.4) is 0 Å². The number of carbonyl (C=O) groups is 1. The Kier molecular flexibility index (Phi) is 4.09. The summed E-state index contributed by atoms with van der Waals surface area (Å²) >= 11 is 0. The summed E-state index contributed by atoms with van der Waals surface area (Å²) in [5.41, 5.74) is 14.3. The van der Waals surface area contributed by atoms with E-state index in [2.05, 4.69) is 22.2 Å². The summed E-state index contributed by atoms with van der Waals surface area (Å²) in [5.74, 6) is 0.0217. The van der Waals surface area contributed by atoms with Crippen molar-refractivity contribution in [2.75, 3.05) is 0 Å². The molecule has 0 unspecified atom stereocenters. The van der Waals surface area contributed by atoms with Crippen molar-refractivity contribution in [1.82, 2.24) is 20.0 Å². The first-order chi connectivity index (χ1) is 9.62. The summed E-state index contributed by atoms with van der Waals surface area (Å²) in [5, 5.41) is 12.5. The van der Waals surface area contributed by atoms with Crippen LogP contribution >= 0.6 is 0 Å². The second kappa shape index (κ2) is 5.79. The fraction of sp³-hybridized carbons (Fsp3) is 0.385. The van der Waals surface area contributed by atoms with E-state index in [4.69, 9.17) is 11.5 Å². The average Bonchev–Trinajstić information content (AvgIpc) is 2.95. The van der Waals surface area contributed by atoms with Crippen molar-refractivity contribution in [2.24, 2.45) is 11.5 Å². The molecule has 0 radical (unpaired) electrons. The Bertz CT molecular complexity index is 634. The van der Waals surface area contributed by atoms with E-state index in [1.807, 2.05) is 6.92 Å². The van der Waals surface area contributed by atoms with Gasteiger partial charge >= 0.3 is 0 Å². The van der Waals surface area contributed by atoms with Crippen molar-refractivity contribution in [3.63, 3.8) is 0 Å². The van der Waals surface area contributed by atoms with Crippen molar-refractivity contribution >= 4 is 5.91 Å². The number of aromatic nitrogens is 4. The number of carbonyl (C=O) groups excluding carboxylic acids is 1. The minimum Gasteiger partial charge on any atom is -0.366 e. The topological polar surface area (TPSA) is 113 Å². The summed E-state index contributed by atoms with van der Waals surface area (Å²) in [7, 11) is 0. The highest BCUT2D eigenvalue weighted by Crippen LogP contribution is 2.19.